The van der Waals surface area contributed by atoms with Crippen LogP contribution in [-0.2, 0) is 4.79 Å². The number of hydrogen-bond donors (Lipinski definition) is 1. The van der Waals surface area contributed by atoms with Crippen LogP contribution in [0.25, 0.3) is 6.08 Å². The molecule has 0 saturated heterocycles. The molecule has 22 heavy (non-hydrogen) atoms. The summed E-state index contributed by atoms with van der Waals surface area (Å²) in [6, 6.07) is 16.4. The van der Waals surface area contributed by atoms with Gasteiger partial charge in [-0.25, -0.2) is 0 Å². The second kappa shape index (κ2) is 7.09. The first-order chi connectivity index (χ1) is 10.6. The van der Waals surface area contributed by atoms with Crippen LogP contribution in [0.5, 0.6) is 5.75 Å². The van der Waals surface area contributed by atoms with E-state index in [-0.39, 0.29) is 5.57 Å². The third kappa shape index (κ3) is 3.74. The molecule has 0 aliphatic heterocycles. The molecule has 2 aromatic carbocycles. The van der Waals surface area contributed by atoms with Crippen molar-refractivity contribution in [2.75, 3.05) is 12.4 Å². The molecule has 0 fully saturated rings. The number of aryl methyl sites for hydroxylation is 1. The van der Waals surface area contributed by atoms with Crippen LogP contribution in [0.1, 0.15) is 11.1 Å². The molecule has 4 nitrogen and oxygen atoms in total. The molecule has 0 heterocycles. The maximum atomic E-state index is 12.1. The molecule has 4 heteroatoms. The Bertz CT molecular complexity index is 743. The molecule has 110 valence electrons. The van der Waals surface area contributed by atoms with Crippen LogP contribution in [0.3, 0.4) is 0 Å². The summed E-state index contributed by atoms with van der Waals surface area (Å²) in [5.41, 5.74) is 2.42. The first-order valence-corrected chi connectivity index (χ1v) is 6.77. The lowest BCUT2D eigenvalue weighted by atomic mass is 10.1. The van der Waals surface area contributed by atoms with Gasteiger partial charge in [-0.05, 0) is 48.4 Å². The molecular weight excluding hydrogens is 276 g/mol. The predicted molar refractivity (Wildman–Crippen MR) is 86.4 cm³/mol. The Morgan fingerprint density at radius 3 is 2.55 bits per heavy atom. The summed E-state index contributed by atoms with van der Waals surface area (Å²) >= 11 is 0. The third-order valence-electron chi connectivity index (χ3n) is 3.13. The number of amides is 1. The van der Waals surface area contributed by atoms with Crippen LogP contribution in [0.2, 0.25) is 0 Å². The number of nitrogens with one attached hydrogen (secondary N) is 1. The minimum absolute atomic E-state index is 0.0495. The molecule has 2 rings (SSSR count). The van der Waals surface area contributed by atoms with E-state index in [2.05, 4.69) is 5.32 Å². The van der Waals surface area contributed by atoms with Crippen molar-refractivity contribution >= 4 is 17.7 Å². The van der Waals surface area contributed by atoms with E-state index in [1.807, 2.05) is 43.3 Å². The summed E-state index contributed by atoms with van der Waals surface area (Å²) in [6.45, 7) is 1.91. The summed E-state index contributed by atoms with van der Waals surface area (Å²) < 4.78 is 5.19. The predicted octanol–water partition coefficient (Wildman–Crippen LogP) is 3.55. The van der Waals surface area contributed by atoms with E-state index >= 15 is 0 Å². The van der Waals surface area contributed by atoms with E-state index in [4.69, 9.17) is 4.74 Å². The molecule has 0 radical (unpaired) electrons. The minimum Gasteiger partial charge on any atom is -0.496 e. The molecule has 0 spiro atoms. The number of carbonyl (C=O) groups excluding carboxylic acids is 1. The van der Waals surface area contributed by atoms with Crippen LogP contribution in [0.4, 0.5) is 5.69 Å². The lowest BCUT2D eigenvalue weighted by Gasteiger charge is -2.06. The standard InChI is InChI=1S/C18H16N2O2/c1-13-10-14(8-9-17(13)22-2)11-15(12-19)18(21)20-16-6-4-3-5-7-16/h3-11H,1-2H3,(H,20,21)/b15-11+. The number of anilines is 1. The van der Waals surface area contributed by atoms with Gasteiger partial charge >= 0.3 is 0 Å². The average Bonchev–Trinajstić information content (AvgIpc) is 2.53. The Morgan fingerprint density at radius 1 is 1.23 bits per heavy atom. The van der Waals surface area contributed by atoms with E-state index in [1.54, 1.807) is 31.4 Å². The second-order valence-corrected chi connectivity index (χ2v) is 4.72. The lowest BCUT2D eigenvalue weighted by molar-refractivity contribution is -0.112. The highest BCUT2D eigenvalue weighted by Gasteiger charge is 2.09. The van der Waals surface area contributed by atoms with Gasteiger partial charge in [0, 0.05) is 5.69 Å². The van der Waals surface area contributed by atoms with E-state index in [9.17, 15) is 10.1 Å². The van der Waals surface area contributed by atoms with E-state index < -0.39 is 5.91 Å². The van der Waals surface area contributed by atoms with Gasteiger partial charge in [0.05, 0.1) is 7.11 Å². The Balaban J connectivity index is 2.22. The van der Waals surface area contributed by atoms with Crippen molar-refractivity contribution in [2.24, 2.45) is 0 Å². The number of methoxy groups -OCH3 is 1. The molecule has 0 bridgehead atoms. The maximum Gasteiger partial charge on any atom is 0.266 e. The molecule has 0 aliphatic rings. The summed E-state index contributed by atoms with van der Waals surface area (Å²) in [5.74, 6) is 0.339. The Hall–Kier alpha value is -3.06. The monoisotopic (exact) mass is 292 g/mol. The molecule has 0 saturated carbocycles. The Kier molecular flexibility index (Phi) is 4.94. The molecule has 0 aromatic heterocycles. The van der Waals surface area contributed by atoms with Crippen LogP contribution < -0.4 is 10.1 Å². The highest BCUT2D eigenvalue weighted by molar-refractivity contribution is 6.09. The number of carbonyl (C=O) groups is 1. The van der Waals surface area contributed by atoms with Crippen molar-refractivity contribution in [1.29, 1.82) is 5.26 Å². The van der Waals surface area contributed by atoms with Gasteiger partial charge in [-0.15, -0.1) is 0 Å². The molecule has 0 atom stereocenters. The summed E-state index contributed by atoms with van der Waals surface area (Å²) in [6.07, 6.45) is 1.56. The number of para-hydroxylation sites is 1. The smallest absolute Gasteiger partial charge is 0.266 e. The minimum atomic E-state index is -0.429. The number of rotatable bonds is 4. The number of nitriles is 1. The number of hydrogen-bond acceptors (Lipinski definition) is 3. The highest BCUT2D eigenvalue weighted by Crippen LogP contribution is 2.20. The second-order valence-electron chi connectivity index (χ2n) is 4.72. The van der Waals surface area contributed by atoms with Crippen LogP contribution in [0.15, 0.2) is 54.1 Å². The van der Waals surface area contributed by atoms with Crippen LogP contribution >= 0.6 is 0 Å². The summed E-state index contributed by atoms with van der Waals surface area (Å²) in [5, 5.41) is 11.9. The fraction of sp³-hybridized carbons (Fsp3) is 0.111. The molecule has 0 aliphatic carbocycles. The Labute approximate surface area is 129 Å². The molecule has 2 aromatic rings. The summed E-state index contributed by atoms with van der Waals surface area (Å²) in [4.78, 5) is 12.1. The zero-order chi connectivity index (χ0) is 15.9. The van der Waals surface area contributed by atoms with Gasteiger partial charge in [0.25, 0.3) is 5.91 Å². The van der Waals surface area contributed by atoms with Gasteiger partial charge in [0.2, 0.25) is 0 Å². The van der Waals surface area contributed by atoms with Crippen LogP contribution in [-0.4, -0.2) is 13.0 Å². The SMILES string of the molecule is COc1ccc(/C=C(\C#N)C(=O)Nc2ccccc2)cc1C. The molecule has 0 unspecified atom stereocenters. The zero-order valence-corrected chi connectivity index (χ0v) is 12.5. The average molecular weight is 292 g/mol. The largest absolute Gasteiger partial charge is 0.496 e. The molecule has 1 N–H and O–H groups in total. The van der Waals surface area contributed by atoms with Crippen molar-refractivity contribution in [3.05, 3.63) is 65.2 Å². The number of benzene rings is 2. The molecular formula is C18H16N2O2. The van der Waals surface area contributed by atoms with Gasteiger partial charge in [0.1, 0.15) is 17.4 Å². The third-order valence-corrected chi connectivity index (χ3v) is 3.13. The normalized spacial score (nSPS) is 10.7. The van der Waals surface area contributed by atoms with Gasteiger partial charge < -0.3 is 10.1 Å². The van der Waals surface area contributed by atoms with Gasteiger partial charge in [-0.2, -0.15) is 5.26 Å². The van der Waals surface area contributed by atoms with Gasteiger partial charge in [-0.3, -0.25) is 4.79 Å². The first kappa shape index (κ1) is 15.3. The number of ether oxygens (including phenoxy) is 1. The van der Waals surface area contributed by atoms with Crippen molar-refractivity contribution in [2.45, 2.75) is 6.92 Å². The zero-order valence-electron chi connectivity index (χ0n) is 12.5. The van der Waals surface area contributed by atoms with E-state index in [0.29, 0.717) is 5.69 Å². The number of nitrogens with zero attached hydrogens (tertiary/aromatic N) is 1. The van der Waals surface area contributed by atoms with Crippen molar-refractivity contribution in [1.82, 2.24) is 0 Å². The quantitative estimate of drug-likeness (QED) is 0.692. The Morgan fingerprint density at radius 2 is 1.95 bits per heavy atom. The van der Waals surface area contributed by atoms with E-state index in [0.717, 1.165) is 16.9 Å². The fourth-order valence-electron chi connectivity index (χ4n) is 2.03. The van der Waals surface area contributed by atoms with Crippen molar-refractivity contribution in [3.8, 4) is 11.8 Å². The van der Waals surface area contributed by atoms with Crippen LogP contribution in [0, 0.1) is 18.3 Å². The van der Waals surface area contributed by atoms with Crippen molar-refractivity contribution < 1.29 is 9.53 Å². The van der Waals surface area contributed by atoms with E-state index in [1.165, 1.54) is 0 Å². The maximum absolute atomic E-state index is 12.1. The highest BCUT2D eigenvalue weighted by atomic mass is 16.5. The van der Waals surface area contributed by atoms with Gasteiger partial charge in [-0.1, -0.05) is 24.3 Å². The van der Waals surface area contributed by atoms with Gasteiger partial charge in [0.15, 0.2) is 0 Å². The van der Waals surface area contributed by atoms with Crippen molar-refractivity contribution in [3.63, 3.8) is 0 Å². The fourth-order valence-corrected chi connectivity index (χ4v) is 2.03. The lowest BCUT2D eigenvalue weighted by Crippen LogP contribution is -2.13. The first-order valence-electron chi connectivity index (χ1n) is 6.77. The molecule has 1 amide bonds. The summed E-state index contributed by atoms with van der Waals surface area (Å²) in [7, 11) is 1.60. The topological polar surface area (TPSA) is 62.1 Å².